The van der Waals surface area contributed by atoms with Crippen LogP contribution in [0.5, 0.6) is 0 Å². The molecule has 0 radical (unpaired) electrons. The van der Waals surface area contributed by atoms with Gasteiger partial charge in [-0.05, 0) is 25.3 Å². The molecule has 3 atom stereocenters. The Morgan fingerprint density at radius 2 is 1.89 bits per heavy atom. The monoisotopic (exact) mass is 496 g/mol. The summed E-state index contributed by atoms with van der Waals surface area (Å²) in [4.78, 5) is 32.1. The van der Waals surface area contributed by atoms with Crippen LogP contribution < -0.4 is 5.32 Å². The van der Waals surface area contributed by atoms with E-state index in [1.807, 2.05) is 58.9 Å². The molecule has 2 aromatic heterocycles. The lowest BCUT2D eigenvalue weighted by molar-refractivity contribution is -0.141. The Hall–Kier alpha value is -3.46. The molecule has 1 aliphatic heterocycles. The highest BCUT2D eigenvalue weighted by Crippen LogP contribution is 2.31. The van der Waals surface area contributed by atoms with Crippen molar-refractivity contribution < 1.29 is 23.6 Å². The Morgan fingerprint density at radius 3 is 2.44 bits per heavy atom. The molecule has 1 aliphatic rings. The van der Waals surface area contributed by atoms with Crippen LogP contribution in [0.3, 0.4) is 0 Å². The molecular weight excluding hydrogens is 460 g/mol. The van der Waals surface area contributed by atoms with Crippen LogP contribution >= 0.6 is 0 Å². The Labute approximate surface area is 211 Å². The summed E-state index contributed by atoms with van der Waals surface area (Å²) in [5.74, 6) is 0.0131. The quantitative estimate of drug-likeness (QED) is 0.507. The first-order valence-electron chi connectivity index (χ1n) is 12.4. The van der Waals surface area contributed by atoms with Crippen molar-refractivity contribution >= 4 is 11.8 Å². The second-order valence-electron chi connectivity index (χ2n) is 9.17. The molecule has 9 nitrogen and oxygen atoms in total. The maximum Gasteiger partial charge on any atom is 0.243 e. The van der Waals surface area contributed by atoms with E-state index in [0.717, 1.165) is 16.8 Å². The van der Waals surface area contributed by atoms with Crippen LogP contribution in [0.2, 0.25) is 0 Å². The highest BCUT2D eigenvalue weighted by Gasteiger charge is 2.43. The molecule has 1 saturated heterocycles. The molecule has 1 aromatic carbocycles. The summed E-state index contributed by atoms with van der Waals surface area (Å²) in [5.41, 5.74) is 3.31. The van der Waals surface area contributed by atoms with Crippen molar-refractivity contribution in [3.63, 3.8) is 0 Å². The number of aromatic nitrogens is 2. The molecule has 0 aliphatic carbocycles. The SMILES string of the molecule is CC.Cc1cc(C(C(=O)N2CC(O)CC2C(=O)NCc2ccc(-c3ocnc3C)cc2)C(C)C)on1. The van der Waals surface area contributed by atoms with Gasteiger partial charge in [0.25, 0.3) is 0 Å². The van der Waals surface area contributed by atoms with E-state index in [0.29, 0.717) is 23.8 Å². The maximum absolute atomic E-state index is 13.4. The van der Waals surface area contributed by atoms with Gasteiger partial charge in [0, 0.05) is 31.1 Å². The fraction of sp³-hybridized carbons (Fsp3) is 0.481. The van der Waals surface area contributed by atoms with Crippen molar-refractivity contribution in [2.45, 2.75) is 72.6 Å². The van der Waals surface area contributed by atoms with Crippen LogP contribution in [-0.4, -0.2) is 50.7 Å². The van der Waals surface area contributed by atoms with Crippen molar-refractivity contribution in [3.05, 3.63) is 59.4 Å². The number of oxazole rings is 1. The maximum atomic E-state index is 13.4. The van der Waals surface area contributed by atoms with Gasteiger partial charge in [0.1, 0.15) is 17.7 Å². The number of hydrogen-bond acceptors (Lipinski definition) is 7. The van der Waals surface area contributed by atoms with Gasteiger partial charge < -0.3 is 24.3 Å². The van der Waals surface area contributed by atoms with Crippen LogP contribution in [0.15, 0.2) is 45.7 Å². The number of likely N-dealkylation sites (tertiary alicyclic amines) is 1. The Kier molecular flexibility index (Phi) is 9.03. The van der Waals surface area contributed by atoms with Crippen LogP contribution in [0, 0.1) is 19.8 Å². The van der Waals surface area contributed by atoms with Crippen molar-refractivity contribution in [2.24, 2.45) is 5.92 Å². The Balaban J connectivity index is 0.00000176. The normalized spacial score (nSPS) is 18.1. The third-order valence-electron chi connectivity index (χ3n) is 6.18. The minimum atomic E-state index is -0.756. The standard InChI is InChI=1S/C25H30N4O5.C2H6/c1-14(2)22(21-9-15(3)28-34-21)25(32)29-12-19(30)10-20(29)24(31)26-11-17-5-7-18(8-6-17)23-16(4)27-13-33-23;1-2/h5-9,13-14,19-20,22,30H,10-12H2,1-4H3,(H,26,31);1-2H3. The fourth-order valence-corrected chi connectivity index (χ4v) is 4.41. The van der Waals surface area contributed by atoms with E-state index in [-0.39, 0.29) is 30.7 Å². The van der Waals surface area contributed by atoms with Crippen LogP contribution in [0.25, 0.3) is 11.3 Å². The molecule has 2 N–H and O–H groups in total. The van der Waals surface area contributed by atoms with E-state index in [4.69, 9.17) is 8.94 Å². The van der Waals surface area contributed by atoms with Gasteiger partial charge in [0.15, 0.2) is 12.2 Å². The van der Waals surface area contributed by atoms with Gasteiger partial charge in [-0.25, -0.2) is 4.98 Å². The highest BCUT2D eigenvalue weighted by molar-refractivity contribution is 5.91. The molecular formula is C27H36N4O5. The average molecular weight is 497 g/mol. The van der Waals surface area contributed by atoms with Gasteiger partial charge in [0.2, 0.25) is 11.8 Å². The molecule has 3 unspecified atom stereocenters. The van der Waals surface area contributed by atoms with Gasteiger partial charge in [-0.3, -0.25) is 9.59 Å². The predicted octanol–water partition coefficient (Wildman–Crippen LogP) is 3.99. The van der Waals surface area contributed by atoms with E-state index in [2.05, 4.69) is 15.5 Å². The molecule has 2 amide bonds. The molecule has 0 saturated carbocycles. The largest absolute Gasteiger partial charge is 0.443 e. The number of rotatable bonds is 7. The molecule has 0 spiro atoms. The van der Waals surface area contributed by atoms with E-state index in [1.165, 1.54) is 11.3 Å². The van der Waals surface area contributed by atoms with E-state index in [9.17, 15) is 14.7 Å². The summed E-state index contributed by atoms with van der Waals surface area (Å²) >= 11 is 0. The second-order valence-corrected chi connectivity index (χ2v) is 9.17. The number of amides is 2. The summed E-state index contributed by atoms with van der Waals surface area (Å²) in [6, 6.07) is 8.64. The Morgan fingerprint density at radius 1 is 1.19 bits per heavy atom. The predicted molar refractivity (Wildman–Crippen MR) is 135 cm³/mol. The number of nitrogens with one attached hydrogen (secondary N) is 1. The molecule has 3 aromatic rings. The fourth-order valence-electron chi connectivity index (χ4n) is 4.41. The van der Waals surface area contributed by atoms with E-state index < -0.39 is 18.1 Å². The number of carbonyl (C=O) groups excluding carboxylic acids is 2. The molecule has 194 valence electrons. The van der Waals surface area contributed by atoms with Crippen molar-refractivity contribution in [1.82, 2.24) is 20.4 Å². The molecule has 4 rings (SSSR count). The van der Waals surface area contributed by atoms with Crippen molar-refractivity contribution in [1.29, 1.82) is 0 Å². The minimum absolute atomic E-state index is 0.0622. The zero-order valence-electron chi connectivity index (χ0n) is 21.8. The third kappa shape index (κ3) is 6.02. The lowest BCUT2D eigenvalue weighted by Gasteiger charge is -2.28. The molecule has 3 heterocycles. The number of carbonyl (C=O) groups is 2. The summed E-state index contributed by atoms with van der Waals surface area (Å²) in [7, 11) is 0. The van der Waals surface area contributed by atoms with Gasteiger partial charge in [-0.2, -0.15) is 0 Å². The Bertz CT molecular complexity index is 1150. The number of aliphatic hydroxyl groups is 1. The summed E-state index contributed by atoms with van der Waals surface area (Å²) < 4.78 is 10.8. The zero-order chi connectivity index (χ0) is 26.4. The lowest BCUT2D eigenvalue weighted by Crippen LogP contribution is -2.48. The number of nitrogens with zero attached hydrogens (tertiary/aromatic N) is 3. The van der Waals surface area contributed by atoms with E-state index in [1.54, 1.807) is 13.0 Å². The number of β-amino-alcohol motifs (C(OH)–C–C–N with tert-alkyl or cyclic N) is 1. The average Bonchev–Trinajstić information content (AvgIpc) is 3.59. The number of benzene rings is 1. The summed E-state index contributed by atoms with van der Waals surface area (Å²) in [5, 5.41) is 17.1. The number of aliphatic hydroxyl groups excluding tert-OH is 1. The lowest BCUT2D eigenvalue weighted by atomic mass is 9.91. The van der Waals surface area contributed by atoms with Crippen LogP contribution in [-0.2, 0) is 16.1 Å². The second kappa shape index (κ2) is 12.0. The van der Waals surface area contributed by atoms with Crippen LogP contribution in [0.1, 0.15) is 62.7 Å². The smallest absolute Gasteiger partial charge is 0.243 e. The summed E-state index contributed by atoms with van der Waals surface area (Å²) in [6.07, 6.45) is 0.852. The molecule has 36 heavy (non-hydrogen) atoms. The first kappa shape index (κ1) is 27.1. The molecule has 1 fully saturated rings. The minimum Gasteiger partial charge on any atom is -0.443 e. The van der Waals surface area contributed by atoms with Crippen molar-refractivity contribution in [3.8, 4) is 11.3 Å². The van der Waals surface area contributed by atoms with E-state index >= 15 is 0 Å². The van der Waals surface area contributed by atoms with Gasteiger partial charge in [-0.1, -0.05) is 57.1 Å². The molecule has 0 bridgehead atoms. The number of aryl methyl sites for hydroxylation is 2. The summed E-state index contributed by atoms with van der Waals surface area (Å²) in [6.45, 7) is 11.9. The first-order valence-corrected chi connectivity index (χ1v) is 12.4. The van der Waals surface area contributed by atoms with Gasteiger partial charge in [-0.15, -0.1) is 0 Å². The number of hydrogen-bond donors (Lipinski definition) is 2. The van der Waals surface area contributed by atoms with Crippen molar-refractivity contribution in [2.75, 3.05) is 6.54 Å². The first-order chi connectivity index (χ1) is 17.2. The highest BCUT2D eigenvalue weighted by atomic mass is 16.5. The topological polar surface area (TPSA) is 122 Å². The molecule has 9 heteroatoms. The van der Waals surface area contributed by atoms with Gasteiger partial charge in [0.05, 0.1) is 17.5 Å². The van der Waals surface area contributed by atoms with Gasteiger partial charge >= 0.3 is 0 Å². The van der Waals surface area contributed by atoms with Crippen LogP contribution in [0.4, 0.5) is 0 Å². The third-order valence-corrected chi connectivity index (χ3v) is 6.18. The zero-order valence-corrected chi connectivity index (χ0v) is 21.8.